The van der Waals surface area contributed by atoms with Gasteiger partial charge in [0.2, 0.25) is 10.0 Å². The Morgan fingerprint density at radius 1 is 0.964 bits per heavy atom. The molecule has 17 heteroatoms. The van der Waals surface area contributed by atoms with E-state index in [1.807, 2.05) is 19.1 Å². The number of urea groups is 1. The van der Waals surface area contributed by atoms with Gasteiger partial charge in [-0.2, -0.15) is 5.10 Å². The molecule has 0 fully saturated rings. The van der Waals surface area contributed by atoms with Crippen molar-refractivity contribution < 1.29 is 46.6 Å². The van der Waals surface area contributed by atoms with Crippen molar-refractivity contribution in [3.05, 3.63) is 89.0 Å². The maximum atomic E-state index is 13.2. The third kappa shape index (κ3) is 13.8. The highest BCUT2D eigenvalue weighted by atomic mass is 32.2. The number of fused-ring (bicyclic) bond motifs is 1. The van der Waals surface area contributed by atoms with E-state index < -0.39 is 39.6 Å². The second-order valence-electron chi connectivity index (χ2n) is 13.4. The van der Waals surface area contributed by atoms with Crippen LogP contribution in [0.2, 0.25) is 0 Å². The number of ketones is 1. The second kappa shape index (κ2) is 19.5. The first-order valence-electron chi connectivity index (χ1n) is 17.6. The zero-order chi connectivity index (χ0) is 40.0. The van der Waals surface area contributed by atoms with Crippen LogP contribution in [0.3, 0.4) is 0 Å². The predicted octanol–water partition coefficient (Wildman–Crippen LogP) is 3.00. The molecule has 1 heterocycles. The number of carbonyl (C=O) groups excluding carboxylic acids is 5. The molecule has 5 N–H and O–H groups in total. The van der Waals surface area contributed by atoms with Gasteiger partial charge in [0.25, 0.3) is 11.8 Å². The summed E-state index contributed by atoms with van der Waals surface area (Å²) in [5, 5.41) is 11.9. The minimum Gasteiger partial charge on any atom is -0.492 e. The largest absolute Gasteiger partial charge is 0.492 e. The Labute approximate surface area is 319 Å². The third-order valence-corrected chi connectivity index (χ3v) is 9.14. The van der Waals surface area contributed by atoms with Crippen LogP contribution in [-0.4, -0.2) is 82.2 Å². The molecule has 16 nitrogen and oxygen atoms in total. The number of likely N-dealkylation sites (N-methyl/N-ethyl adjacent to an activating group) is 1. The van der Waals surface area contributed by atoms with Crippen molar-refractivity contribution in [2.75, 3.05) is 26.3 Å². The van der Waals surface area contributed by atoms with E-state index in [0.29, 0.717) is 30.0 Å². The van der Waals surface area contributed by atoms with Gasteiger partial charge in [0.05, 0.1) is 29.5 Å². The molecule has 4 rings (SSSR count). The normalized spacial score (nSPS) is 13.2. The summed E-state index contributed by atoms with van der Waals surface area (Å²) in [6.45, 7) is 7.82. The van der Waals surface area contributed by atoms with Crippen molar-refractivity contribution in [2.45, 2.75) is 70.0 Å². The van der Waals surface area contributed by atoms with Crippen molar-refractivity contribution in [2.24, 2.45) is 5.10 Å². The first-order valence-corrected chi connectivity index (χ1v) is 19.1. The molecule has 0 radical (unpaired) electrons. The van der Waals surface area contributed by atoms with Crippen LogP contribution in [-0.2, 0) is 37.3 Å². The van der Waals surface area contributed by atoms with Gasteiger partial charge in [-0.3, -0.25) is 19.2 Å². The van der Waals surface area contributed by atoms with Crippen molar-refractivity contribution in [3.8, 4) is 11.5 Å². The summed E-state index contributed by atoms with van der Waals surface area (Å²) in [7, 11) is -3.97. The lowest BCUT2D eigenvalue weighted by molar-refractivity contribution is -0.154. The van der Waals surface area contributed by atoms with Gasteiger partial charge in [-0.1, -0.05) is 24.3 Å². The van der Waals surface area contributed by atoms with Crippen LogP contribution in [0.25, 0.3) is 0 Å². The summed E-state index contributed by atoms with van der Waals surface area (Å²) in [6, 6.07) is 15.8. The summed E-state index contributed by atoms with van der Waals surface area (Å²) < 4.78 is 44.6. The van der Waals surface area contributed by atoms with Crippen LogP contribution >= 0.6 is 0 Å². The molecule has 55 heavy (non-hydrogen) atoms. The van der Waals surface area contributed by atoms with Crippen LogP contribution in [0.5, 0.6) is 11.5 Å². The number of ether oxygens (including phenoxy) is 3. The monoisotopic (exact) mass is 778 g/mol. The molecule has 0 bridgehead atoms. The number of carbonyl (C=O) groups is 5. The number of esters is 1. The van der Waals surface area contributed by atoms with E-state index in [4.69, 9.17) is 14.2 Å². The number of amides is 4. The maximum Gasteiger partial charge on any atom is 0.335 e. The Balaban J connectivity index is 1.28. The molecule has 0 saturated carbocycles. The van der Waals surface area contributed by atoms with Gasteiger partial charge < -0.3 is 30.2 Å². The molecule has 3 aromatic rings. The Kier molecular flexibility index (Phi) is 14.9. The fourth-order valence-electron chi connectivity index (χ4n) is 5.09. The van der Waals surface area contributed by atoms with Crippen LogP contribution in [0, 0.1) is 0 Å². The smallest absolute Gasteiger partial charge is 0.335 e. The molecule has 0 aromatic heterocycles. The van der Waals surface area contributed by atoms with Crippen LogP contribution < -0.4 is 35.6 Å². The zero-order valence-electron chi connectivity index (χ0n) is 31.1. The number of hydrogen-bond acceptors (Lipinski definition) is 11. The van der Waals surface area contributed by atoms with Crippen LogP contribution in [0.1, 0.15) is 72.4 Å². The quantitative estimate of drug-likeness (QED) is 0.0766. The minimum atomic E-state index is -3.97. The number of benzene rings is 3. The Bertz CT molecular complexity index is 1980. The molecule has 0 saturated heterocycles. The van der Waals surface area contributed by atoms with E-state index in [0.717, 1.165) is 5.56 Å². The van der Waals surface area contributed by atoms with Gasteiger partial charge in [0.15, 0.2) is 12.4 Å². The number of nitrogens with zero attached hydrogens (tertiary/aromatic N) is 1. The molecular formula is C38H46N6O10S. The zero-order valence-corrected chi connectivity index (χ0v) is 31.9. The topological polar surface area (TPSA) is 220 Å². The van der Waals surface area contributed by atoms with Crippen molar-refractivity contribution in [3.63, 3.8) is 0 Å². The van der Waals surface area contributed by atoms with Gasteiger partial charge in [-0.15, -0.1) is 0 Å². The lowest BCUT2D eigenvalue weighted by Crippen LogP contribution is -2.40. The van der Waals surface area contributed by atoms with Gasteiger partial charge in [0.1, 0.15) is 17.1 Å². The number of rotatable bonds is 17. The van der Waals surface area contributed by atoms with Crippen molar-refractivity contribution in [1.82, 2.24) is 26.1 Å². The van der Waals surface area contributed by atoms with E-state index in [9.17, 15) is 32.4 Å². The molecule has 1 aliphatic heterocycles. The fourth-order valence-corrected chi connectivity index (χ4v) is 6.14. The van der Waals surface area contributed by atoms with Crippen molar-refractivity contribution in [1.29, 1.82) is 0 Å². The van der Waals surface area contributed by atoms with Gasteiger partial charge in [0, 0.05) is 37.8 Å². The first-order chi connectivity index (χ1) is 26.1. The van der Waals surface area contributed by atoms with E-state index in [-0.39, 0.29) is 66.9 Å². The molecular weight excluding hydrogens is 733 g/mol. The number of hydrazone groups is 1. The molecule has 0 aliphatic carbocycles. The molecule has 1 aliphatic rings. The number of sulfonamides is 1. The summed E-state index contributed by atoms with van der Waals surface area (Å²) in [6.07, 6.45) is 1.61. The SMILES string of the molecule is CCNC(=O)COc1ccc(CCNC(=O)N/N=C/[C@H](CC(=O)OC(C)(C)C)NC(=O)c2ccc(CNS(=O)(=O)c3ccc4c(c3)C(=O)CCO4)cc2)cc1. The average molecular weight is 779 g/mol. The minimum absolute atomic E-state index is 0.0739. The summed E-state index contributed by atoms with van der Waals surface area (Å²) >= 11 is 0. The number of nitrogens with one attached hydrogen (secondary N) is 5. The van der Waals surface area contributed by atoms with Crippen molar-refractivity contribution >= 4 is 45.8 Å². The molecule has 0 unspecified atom stereocenters. The van der Waals surface area contributed by atoms with Crippen LogP contribution in [0.15, 0.2) is 76.7 Å². The summed E-state index contributed by atoms with van der Waals surface area (Å²) in [5.74, 6) is -0.676. The van der Waals surface area contributed by atoms with Gasteiger partial charge >= 0.3 is 12.0 Å². The van der Waals surface area contributed by atoms with Crippen LogP contribution in [0.4, 0.5) is 4.79 Å². The van der Waals surface area contributed by atoms with E-state index in [2.05, 4.69) is 31.2 Å². The predicted molar refractivity (Wildman–Crippen MR) is 202 cm³/mol. The average Bonchev–Trinajstić information content (AvgIpc) is 3.13. The second-order valence-corrected chi connectivity index (χ2v) is 15.1. The molecule has 1 atom stereocenters. The Morgan fingerprint density at radius 2 is 1.67 bits per heavy atom. The Morgan fingerprint density at radius 3 is 2.36 bits per heavy atom. The van der Waals surface area contributed by atoms with E-state index in [1.165, 1.54) is 36.5 Å². The third-order valence-electron chi connectivity index (χ3n) is 7.74. The fraction of sp³-hybridized carbons (Fsp3) is 0.368. The lowest BCUT2D eigenvalue weighted by atomic mass is 10.1. The maximum absolute atomic E-state index is 13.2. The van der Waals surface area contributed by atoms with Gasteiger partial charge in [-0.25, -0.2) is 23.4 Å². The van der Waals surface area contributed by atoms with Gasteiger partial charge in [-0.05, 0) is 87.7 Å². The summed E-state index contributed by atoms with van der Waals surface area (Å²) in [4.78, 5) is 61.9. The highest BCUT2D eigenvalue weighted by Gasteiger charge is 2.24. The molecule has 0 spiro atoms. The molecule has 3 aromatic carbocycles. The van der Waals surface area contributed by atoms with E-state index >= 15 is 0 Å². The number of Topliss-reactive ketones (excluding diaryl/α,β-unsaturated/α-hetero) is 1. The number of hydrogen-bond donors (Lipinski definition) is 5. The highest BCUT2D eigenvalue weighted by molar-refractivity contribution is 7.89. The lowest BCUT2D eigenvalue weighted by Gasteiger charge is -2.21. The molecule has 4 amide bonds. The molecule has 294 valence electrons. The first kappa shape index (κ1) is 41.9. The summed E-state index contributed by atoms with van der Waals surface area (Å²) in [5.41, 5.74) is 3.46. The Hall–Kier alpha value is -5.81. The standard InChI is InChI=1S/C38H46N6O10S/c1-5-39-34(46)24-53-29-12-8-25(9-13-29)16-18-40-37(49)44-41-23-28(20-35(47)54-38(2,3)4)43-36(48)27-10-6-26(7-11-27)22-42-55(50,51)30-14-15-33-31(21-30)32(45)17-19-52-33/h6-15,21,23,28,42H,5,16-20,22,24H2,1-4H3,(H,39,46)(H,43,48)(H2,40,44,49)/b41-23+/t28-/m0/s1. The van der Waals surface area contributed by atoms with E-state index in [1.54, 1.807) is 45.0 Å². The highest BCUT2D eigenvalue weighted by Crippen LogP contribution is 2.27.